The highest BCUT2D eigenvalue weighted by molar-refractivity contribution is 7.88. The van der Waals surface area contributed by atoms with Gasteiger partial charge in [-0.3, -0.25) is 0 Å². The highest BCUT2D eigenvalue weighted by atomic mass is 35.5. The van der Waals surface area contributed by atoms with E-state index >= 15 is 0 Å². The van der Waals surface area contributed by atoms with Crippen LogP contribution in [0, 0.1) is 5.82 Å². The van der Waals surface area contributed by atoms with Crippen LogP contribution in [0.4, 0.5) is 4.39 Å². The molecule has 9 heteroatoms. The van der Waals surface area contributed by atoms with Gasteiger partial charge in [-0.1, -0.05) is 28.9 Å². The van der Waals surface area contributed by atoms with E-state index in [9.17, 15) is 12.8 Å². The number of aromatic nitrogens is 2. The van der Waals surface area contributed by atoms with Crippen molar-refractivity contribution in [3.8, 4) is 11.5 Å². The summed E-state index contributed by atoms with van der Waals surface area (Å²) < 4.78 is 44.5. The molecule has 0 spiro atoms. The van der Waals surface area contributed by atoms with E-state index in [1.54, 1.807) is 24.3 Å². The zero-order chi connectivity index (χ0) is 17.9. The summed E-state index contributed by atoms with van der Waals surface area (Å²) in [4.78, 5) is 4.13. The van der Waals surface area contributed by atoms with Crippen LogP contribution >= 0.6 is 11.6 Å². The Kier molecular flexibility index (Phi) is 5.12. The number of sulfonamides is 1. The van der Waals surface area contributed by atoms with Crippen molar-refractivity contribution >= 4 is 21.6 Å². The van der Waals surface area contributed by atoms with Crippen molar-refractivity contribution in [2.24, 2.45) is 0 Å². The van der Waals surface area contributed by atoms with Gasteiger partial charge in [0, 0.05) is 10.6 Å². The Bertz CT molecular complexity index is 957. The lowest BCUT2D eigenvalue weighted by Crippen LogP contribution is -2.25. The van der Waals surface area contributed by atoms with Crippen LogP contribution in [0.15, 0.2) is 53.1 Å². The van der Waals surface area contributed by atoms with Crippen LogP contribution < -0.4 is 4.72 Å². The summed E-state index contributed by atoms with van der Waals surface area (Å²) in [6.45, 7) is -0.110. The molecule has 0 saturated heterocycles. The maximum absolute atomic E-state index is 12.9. The van der Waals surface area contributed by atoms with E-state index in [0.717, 1.165) is 0 Å². The van der Waals surface area contributed by atoms with Crippen LogP contribution in [0.2, 0.25) is 5.02 Å². The first-order valence-electron chi connectivity index (χ1n) is 7.22. The molecule has 0 amide bonds. The predicted molar refractivity (Wildman–Crippen MR) is 90.6 cm³/mol. The Balaban J connectivity index is 1.63. The van der Waals surface area contributed by atoms with Gasteiger partial charge in [-0.15, -0.1) is 0 Å². The quantitative estimate of drug-likeness (QED) is 0.709. The molecule has 0 aliphatic carbocycles. The van der Waals surface area contributed by atoms with Crippen molar-refractivity contribution in [1.29, 1.82) is 0 Å². The minimum Gasteiger partial charge on any atom is -0.334 e. The van der Waals surface area contributed by atoms with Crippen molar-refractivity contribution in [1.82, 2.24) is 14.9 Å². The largest absolute Gasteiger partial charge is 0.334 e. The third-order valence-corrected chi connectivity index (χ3v) is 4.83. The third kappa shape index (κ3) is 4.85. The lowest BCUT2D eigenvalue weighted by Gasteiger charge is -2.04. The Morgan fingerprint density at radius 3 is 2.44 bits per heavy atom. The fourth-order valence-corrected chi connectivity index (χ4v) is 3.27. The molecule has 0 saturated carbocycles. The Morgan fingerprint density at radius 1 is 1.08 bits per heavy atom. The minimum atomic E-state index is -3.62. The van der Waals surface area contributed by atoms with Crippen molar-refractivity contribution in [2.45, 2.75) is 12.3 Å². The summed E-state index contributed by atoms with van der Waals surface area (Å²) in [7, 11) is -3.62. The van der Waals surface area contributed by atoms with E-state index in [4.69, 9.17) is 16.1 Å². The summed E-state index contributed by atoms with van der Waals surface area (Å²) in [6.07, 6.45) is 0. The van der Waals surface area contributed by atoms with Gasteiger partial charge in [-0.05, 0) is 42.0 Å². The second kappa shape index (κ2) is 7.30. The van der Waals surface area contributed by atoms with Crippen molar-refractivity contribution in [3.05, 3.63) is 70.8 Å². The Morgan fingerprint density at radius 2 is 1.76 bits per heavy atom. The molecule has 1 heterocycles. The number of rotatable bonds is 6. The average Bonchev–Trinajstić information content (AvgIpc) is 3.05. The maximum Gasteiger partial charge on any atom is 0.257 e. The molecule has 130 valence electrons. The molecule has 0 aliphatic rings. The van der Waals surface area contributed by atoms with Gasteiger partial charge >= 0.3 is 0 Å². The zero-order valence-corrected chi connectivity index (χ0v) is 14.4. The summed E-state index contributed by atoms with van der Waals surface area (Å²) >= 11 is 5.82. The van der Waals surface area contributed by atoms with Crippen LogP contribution in [-0.2, 0) is 22.3 Å². The van der Waals surface area contributed by atoms with Gasteiger partial charge in [0.15, 0.2) is 5.82 Å². The topological polar surface area (TPSA) is 85.1 Å². The zero-order valence-electron chi connectivity index (χ0n) is 12.8. The first kappa shape index (κ1) is 17.5. The van der Waals surface area contributed by atoms with E-state index in [1.807, 2.05) is 0 Å². The van der Waals surface area contributed by atoms with Gasteiger partial charge in [0.25, 0.3) is 5.89 Å². The number of nitrogens with one attached hydrogen (secondary N) is 1. The van der Waals surface area contributed by atoms with E-state index in [2.05, 4.69) is 14.9 Å². The lowest BCUT2D eigenvalue weighted by atomic mass is 10.2. The number of hydrogen-bond acceptors (Lipinski definition) is 5. The molecule has 0 aliphatic heterocycles. The Hall–Kier alpha value is -2.29. The standard InChI is InChI=1S/C16H13ClFN3O3S/c17-13-5-3-12(4-6-13)16-20-15(21-24-16)9-19-25(22,23)10-11-1-7-14(18)8-2-11/h1-8,19H,9-10H2. The fourth-order valence-electron chi connectivity index (χ4n) is 2.06. The van der Waals surface area contributed by atoms with Gasteiger partial charge in [-0.25, -0.2) is 17.5 Å². The van der Waals surface area contributed by atoms with Crippen LogP contribution in [0.25, 0.3) is 11.5 Å². The van der Waals surface area contributed by atoms with Gasteiger partial charge < -0.3 is 4.52 Å². The SMILES string of the molecule is O=S(=O)(Cc1ccc(F)cc1)NCc1noc(-c2ccc(Cl)cc2)n1. The van der Waals surface area contributed by atoms with E-state index in [-0.39, 0.29) is 24.0 Å². The second-order valence-electron chi connectivity index (χ2n) is 5.23. The van der Waals surface area contributed by atoms with Gasteiger partial charge in [0.2, 0.25) is 10.0 Å². The van der Waals surface area contributed by atoms with E-state index in [0.29, 0.717) is 16.1 Å². The highest BCUT2D eigenvalue weighted by Crippen LogP contribution is 2.19. The highest BCUT2D eigenvalue weighted by Gasteiger charge is 2.14. The average molecular weight is 382 g/mol. The second-order valence-corrected chi connectivity index (χ2v) is 7.47. The smallest absolute Gasteiger partial charge is 0.257 e. The molecule has 1 aromatic heterocycles. The van der Waals surface area contributed by atoms with Crippen molar-refractivity contribution in [2.75, 3.05) is 0 Å². The molecule has 6 nitrogen and oxygen atoms in total. The van der Waals surface area contributed by atoms with Crippen LogP contribution in [0.1, 0.15) is 11.4 Å². The molecule has 2 aromatic carbocycles. The van der Waals surface area contributed by atoms with E-state index in [1.165, 1.54) is 24.3 Å². The summed E-state index contributed by atoms with van der Waals surface area (Å²) in [6, 6.07) is 12.1. The number of halogens is 2. The van der Waals surface area contributed by atoms with Gasteiger partial charge in [0.1, 0.15) is 5.82 Å². The van der Waals surface area contributed by atoms with E-state index < -0.39 is 15.8 Å². The van der Waals surface area contributed by atoms with Gasteiger partial charge in [-0.2, -0.15) is 4.98 Å². The van der Waals surface area contributed by atoms with Crippen molar-refractivity contribution < 1.29 is 17.3 Å². The molecule has 1 N–H and O–H groups in total. The van der Waals surface area contributed by atoms with Crippen LogP contribution in [0.5, 0.6) is 0 Å². The molecule has 0 atom stereocenters. The Labute approximate surface area is 148 Å². The molecule has 0 radical (unpaired) electrons. The maximum atomic E-state index is 12.9. The number of nitrogens with zero attached hydrogens (tertiary/aromatic N) is 2. The first-order chi connectivity index (χ1) is 11.9. The molecule has 25 heavy (non-hydrogen) atoms. The lowest BCUT2D eigenvalue weighted by molar-refractivity contribution is 0.421. The summed E-state index contributed by atoms with van der Waals surface area (Å²) in [5.41, 5.74) is 1.15. The summed E-state index contributed by atoms with van der Waals surface area (Å²) in [5.74, 6) is -0.220. The molecule has 3 rings (SSSR count). The third-order valence-electron chi connectivity index (χ3n) is 3.28. The number of hydrogen-bond donors (Lipinski definition) is 1. The minimum absolute atomic E-state index is 0.110. The van der Waals surface area contributed by atoms with Crippen LogP contribution in [-0.4, -0.2) is 18.6 Å². The van der Waals surface area contributed by atoms with Crippen molar-refractivity contribution in [3.63, 3.8) is 0 Å². The normalized spacial score (nSPS) is 11.6. The predicted octanol–water partition coefficient (Wildman–Crippen LogP) is 3.15. The molecular weight excluding hydrogens is 369 g/mol. The molecule has 0 fully saturated rings. The number of benzene rings is 2. The molecule has 3 aromatic rings. The van der Waals surface area contributed by atoms with Crippen LogP contribution in [0.3, 0.4) is 0 Å². The summed E-state index contributed by atoms with van der Waals surface area (Å²) in [5, 5.41) is 4.32. The monoisotopic (exact) mass is 381 g/mol. The molecule has 0 unspecified atom stereocenters. The van der Waals surface area contributed by atoms with Gasteiger partial charge in [0.05, 0.1) is 12.3 Å². The molecule has 0 bridgehead atoms. The fraction of sp³-hybridized carbons (Fsp3) is 0.125. The molecular formula is C16H13ClFN3O3S. The first-order valence-corrected chi connectivity index (χ1v) is 9.25.